The van der Waals surface area contributed by atoms with Gasteiger partial charge in [-0.25, -0.2) is 9.59 Å². The van der Waals surface area contributed by atoms with Gasteiger partial charge in [0.2, 0.25) is 0 Å². The van der Waals surface area contributed by atoms with Crippen LogP contribution in [0.1, 0.15) is 62.2 Å². The van der Waals surface area contributed by atoms with E-state index in [0.29, 0.717) is 17.7 Å². The smallest absolute Gasteiger partial charge is 0.338 e. The minimum absolute atomic E-state index is 0.226. The van der Waals surface area contributed by atoms with E-state index in [9.17, 15) is 19.2 Å². The highest BCUT2D eigenvalue weighted by atomic mass is 16.5. The molecule has 2 N–H and O–H groups in total. The van der Waals surface area contributed by atoms with E-state index in [4.69, 9.17) is 9.47 Å². The Balaban J connectivity index is 1.89. The minimum atomic E-state index is -0.548. The Bertz CT molecular complexity index is 904. The third-order valence-corrected chi connectivity index (χ3v) is 3.88. The van der Waals surface area contributed by atoms with Gasteiger partial charge in [0.1, 0.15) is 0 Å². The number of hydrazine groups is 1. The second-order valence-electron chi connectivity index (χ2n) is 6.78. The number of esters is 2. The second-order valence-corrected chi connectivity index (χ2v) is 6.78. The van der Waals surface area contributed by atoms with Crippen LogP contribution in [0.5, 0.6) is 0 Å². The first-order valence-corrected chi connectivity index (χ1v) is 9.46. The monoisotopic (exact) mass is 412 g/mol. The van der Waals surface area contributed by atoms with Gasteiger partial charge in [-0.2, -0.15) is 0 Å². The maximum Gasteiger partial charge on any atom is 0.338 e. The fourth-order valence-corrected chi connectivity index (χ4v) is 2.31. The molecule has 0 unspecified atom stereocenters. The normalized spacial score (nSPS) is 10.3. The van der Waals surface area contributed by atoms with E-state index in [-0.39, 0.29) is 23.7 Å². The molecule has 0 heterocycles. The van der Waals surface area contributed by atoms with Crippen molar-refractivity contribution in [1.29, 1.82) is 0 Å². The molecule has 2 aromatic carbocycles. The molecule has 0 fully saturated rings. The lowest BCUT2D eigenvalue weighted by Crippen LogP contribution is -2.41. The molecule has 0 aliphatic heterocycles. The second kappa shape index (κ2) is 10.8. The number of benzene rings is 2. The fourth-order valence-electron chi connectivity index (χ4n) is 2.31. The van der Waals surface area contributed by atoms with Gasteiger partial charge in [-0.05, 0) is 61.4 Å². The molecular weight excluding hydrogens is 388 g/mol. The summed E-state index contributed by atoms with van der Waals surface area (Å²) in [5, 5.41) is 0. The van der Waals surface area contributed by atoms with Gasteiger partial charge in [-0.3, -0.25) is 20.4 Å². The van der Waals surface area contributed by atoms with Crippen molar-refractivity contribution in [1.82, 2.24) is 10.9 Å². The van der Waals surface area contributed by atoms with Gasteiger partial charge in [0, 0.05) is 11.1 Å². The first kappa shape index (κ1) is 22.6. The lowest BCUT2D eigenvalue weighted by Gasteiger charge is -2.09. The molecule has 2 rings (SSSR count). The number of ether oxygens (including phenoxy) is 2. The Hall–Kier alpha value is -3.68. The van der Waals surface area contributed by atoms with Crippen LogP contribution >= 0.6 is 0 Å². The molecule has 158 valence electrons. The van der Waals surface area contributed by atoms with Crippen molar-refractivity contribution >= 4 is 23.8 Å². The van der Waals surface area contributed by atoms with Crippen LogP contribution in [0.4, 0.5) is 0 Å². The molecule has 0 bridgehead atoms. The van der Waals surface area contributed by atoms with Crippen molar-refractivity contribution in [3.8, 4) is 0 Å². The molecule has 8 heteroatoms. The van der Waals surface area contributed by atoms with Crippen LogP contribution in [-0.4, -0.2) is 37.0 Å². The Morgan fingerprint density at radius 3 is 1.43 bits per heavy atom. The Morgan fingerprint density at radius 1 is 0.700 bits per heavy atom. The molecule has 2 aromatic rings. The number of carbonyl (C=O) groups is 4. The number of carbonyl (C=O) groups excluding carboxylic acids is 4. The largest absolute Gasteiger partial charge is 0.462 e. The molecule has 0 radical (unpaired) electrons. The fraction of sp³-hybridized carbons (Fsp3) is 0.273. The average molecular weight is 412 g/mol. The molecule has 0 saturated carbocycles. The predicted octanol–water partition coefficient (Wildman–Crippen LogP) is 2.75. The first-order valence-electron chi connectivity index (χ1n) is 9.46. The van der Waals surface area contributed by atoms with Crippen molar-refractivity contribution in [2.45, 2.75) is 20.8 Å². The molecule has 0 atom stereocenters. The van der Waals surface area contributed by atoms with Crippen LogP contribution in [0.25, 0.3) is 0 Å². The highest BCUT2D eigenvalue weighted by Crippen LogP contribution is 2.08. The van der Waals surface area contributed by atoms with Gasteiger partial charge in [0.15, 0.2) is 0 Å². The summed E-state index contributed by atoms with van der Waals surface area (Å²) in [6.07, 6.45) is 0. The summed E-state index contributed by atoms with van der Waals surface area (Å²) in [7, 11) is 0. The van der Waals surface area contributed by atoms with Gasteiger partial charge in [0.05, 0.1) is 24.3 Å². The lowest BCUT2D eigenvalue weighted by molar-refractivity contribution is 0.0457. The quantitative estimate of drug-likeness (QED) is 0.534. The first-order chi connectivity index (χ1) is 14.3. The minimum Gasteiger partial charge on any atom is -0.462 e. The van der Waals surface area contributed by atoms with E-state index >= 15 is 0 Å². The maximum absolute atomic E-state index is 12.2. The van der Waals surface area contributed by atoms with Crippen LogP contribution in [0.3, 0.4) is 0 Å². The molecule has 2 amide bonds. The van der Waals surface area contributed by atoms with Crippen molar-refractivity contribution in [2.24, 2.45) is 5.92 Å². The Labute approximate surface area is 174 Å². The molecular formula is C22H24N2O6. The summed E-state index contributed by atoms with van der Waals surface area (Å²) < 4.78 is 10.0. The molecule has 0 saturated heterocycles. The summed E-state index contributed by atoms with van der Waals surface area (Å²) in [6, 6.07) is 11.7. The van der Waals surface area contributed by atoms with E-state index in [1.54, 1.807) is 6.92 Å². The van der Waals surface area contributed by atoms with E-state index in [1.807, 2.05) is 13.8 Å². The van der Waals surface area contributed by atoms with Crippen LogP contribution < -0.4 is 10.9 Å². The number of hydrogen-bond acceptors (Lipinski definition) is 6. The molecule has 0 spiro atoms. The Kier molecular flexibility index (Phi) is 8.10. The predicted molar refractivity (Wildman–Crippen MR) is 109 cm³/mol. The van der Waals surface area contributed by atoms with E-state index < -0.39 is 23.8 Å². The summed E-state index contributed by atoms with van der Waals surface area (Å²) in [5.41, 5.74) is 5.76. The molecule has 30 heavy (non-hydrogen) atoms. The van der Waals surface area contributed by atoms with Crippen molar-refractivity contribution < 1.29 is 28.7 Å². The molecule has 0 aliphatic rings. The van der Waals surface area contributed by atoms with Gasteiger partial charge < -0.3 is 9.47 Å². The number of nitrogens with one attached hydrogen (secondary N) is 2. The molecule has 0 aromatic heterocycles. The average Bonchev–Trinajstić information content (AvgIpc) is 2.75. The number of hydrogen-bond donors (Lipinski definition) is 2. The SMILES string of the molecule is CCOC(=O)c1ccc(C(=O)NNC(=O)c2ccc(C(=O)OCC(C)C)cc2)cc1. The highest BCUT2D eigenvalue weighted by molar-refractivity contribution is 6.00. The Morgan fingerprint density at radius 2 is 1.07 bits per heavy atom. The van der Waals surface area contributed by atoms with Gasteiger partial charge in [-0.1, -0.05) is 13.8 Å². The van der Waals surface area contributed by atoms with E-state index in [2.05, 4.69) is 10.9 Å². The maximum atomic E-state index is 12.2. The molecule has 8 nitrogen and oxygen atoms in total. The van der Waals surface area contributed by atoms with E-state index in [0.717, 1.165) is 0 Å². The summed E-state index contributed by atoms with van der Waals surface area (Å²) >= 11 is 0. The van der Waals surface area contributed by atoms with Gasteiger partial charge >= 0.3 is 11.9 Å². The van der Waals surface area contributed by atoms with Crippen LogP contribution in [-0.2, 0) is 9.47 Å². The standard InChI is InChI=1S/C22H24N2O6/c1-4-29-21(27)17-9-5-15(6-10-17)19(25)23-24-20(26)16-7-11-18(12-8-16)22(28)30-13-14(2)3/h5-12,14H,4,13H2,1-3H3,(H,23,25)(H,24,26). The van der Waals surface area contributed by atoms with Gasteiger partial charge in [0.25, 0.3) is 11.8 Å². The van der Waals surface area contributed by atoms with Crippen LogP contribution in [0, 0.1) is 5.92 Å². The number of amides is 2. The third-order valence-electron chi connectivity index (χ3n) is 3.88. The topological polar surface area (TPSA) is 111 Å². The highest BCUT2D eigenvalue weighted by Gasteiger charge is 2.13. The zero-order valence-corrected chi connectivity index (χ0v) is 17.1. The zero-order valence-electron chi connectivity index (χ0n) is 17.1. The zero-order chi connectivity index (χ0) is 22.1. The van der Waals surface area contributed by atoms with Crippen molar-refractivity contribution in [2.75, 3.05) is 13.2 Å². The summed E-state index contributed by atoms with van der Waals surface area (Å²) in [6.45, 7) is 6.14. The third kappa shape index (κ3) is 6.44. The van der Waals surface area contributed by atoms with Crippen LogP contribution in [0.15, 0.2) is 48.5 Å². The summed E-state index contributed by atoms with van der Waals surface area (Å²) in [4.78, 5) is 47.9. The lowest BCUT2D eigenvalue weighted by atomic mass is 10.1. The van der Waals surface area contributed by atoms with Crippen molar-refractivity contribution in [3.05, 3.63) is 70.8 Å². The summed E-state index contributed by atoms with van der Waals surface area (Å²) in [5.74, 6) is -1.81. The van der Waals surface area contributed by atoms with Gasteiger partial charge in [-0.15, -0.1) is 0 Å². The van der Waals surface area contributed by atoms with Crippen LogP contribution in [0.2, 0.25) is 0 Å². The molecule has 0 aliphatic carbocycles. The number of rotatable bonds is 7. The van der Waals surface area contributed by atoms with E-state index in [1.165, 1.54) is 48.5 Å². The van der Waals surface area contributed by atoms with Crippen molar-refractivity contribution in [3.63, 3.8) is 0 Å².